The van der Waals surface area contributed by atoms with Crippen molar-refractivity contribution in [2.24, 2.45) is 5.73 Å². The highest BCUT2D eigenvalue weighted by Crippen LogP contribution is 2.19. The second kappa shape index (κ2) is 5.14. The third-order valence-electron chi connectivity index (χ3n) is 2.17. The van der Waals surface area contributed by atoms with Gasteiger partial charge in [0.15, 0.2) is 0 Å². The van der Waals surface area contributed by atoms with Gasteiger partial charge in [-0.05, 0) is 25.5 Å². The van der Waals surface area contributed by atoms with E-state index in [1.54, 1.807) is 6.07 Å². The van der Waals surface area contributed by atoms with E-state index in [1.807, 2.05) is 26.0 Å². The monoisotopic (exact) mass is 226 g/mol. The molecule has 0 aliphatic rings. The van der Waals surface area contributed by atoms with Crippen LogP contribution in [0, 0.1) is 6.92 Å². The SMILES string of the molecule is Cc1cccc(C(=O)NC(C)CN)c1Cl. The number of hydrogen-bond acceptors (Lipinski definition) is 2. The van der Waals surface area contributed by atoms with E-state index >= 15 is 0 Å². The smallest absolute Gasteiger partial charge is 0.253 e. The van der Waals surface area contributed by atoms with Crippen LogP contribution < -0.4 is 11.1 Å². The summed E-state index contributed by atoms with van der Waals surface area (Å²) in [7, 11) is 0. The van der Waals surface area contributed by atoms with Crippen molar-refractivity contribution in [3.63, 3.8) is 0 Å². The van der Waals surface area contributed by atoms with Crippen molar-refractivity contribution in [2.75, 3.05) is 6.54 Å². The number of nitrogens with one attached hydrogen (secondary N) is 1. The molecule has 82 valence electrons. The molecule has 0 aliphatic carbocycles. The minimum Gasteiger partial charge on any atom is -0.348 e. The van der Waals surface area contributed by atoms with Gasteiger partial charge in [-0.3, -0.25) is 4.79 Å². The third-order valence-corrected chi connectivity index (χ3v) is 2.67. The Bertz CT molecular complexity index is 366. The van der Waals surface area contributed by atoms with Gasteiger partial charge in [-0.25, -0.2) is 0 Å². The Kier molecular flexibility index (Phi) is 4.12. The molecular formula is C11H15ClN2O. The Morgan fingerprint density at radius 3 is 2.87 bits per heavy atom. The molecule has 0 radical (unpaired) electrons. The molecule has 0 bridgehead atoms. The van der Waals surface area contributed by atoms with Crippen molar-refractivity contribution in [3.8, 4) is 0 Å². The van der Waals surface area contributed by atoms with Crippen LogP contribution in [0.1, 0.15) is 22.8 Å². The molecule has 0 aliphatic heterocycles. The second-order valence-corrected chi connectivity index (χ2v) is 3.92. The van der Waals surface area contributed by atoms with Crippen molar-refractivity contribution in [1.82, 2.24) is 5.32 Å². The van der Waals surface area contributed by atoms with Gasteiger partial charge < -0.3 is 11.1 Å². The minimum atomic E-state index is -0.179. The first-order chi connectivity index (χ1) is 7.06. The standard InChI is InChI=1S/C11H15ClN2O/c1-7-4-3-5-9(10(7)12)11(15)14-8(2)6-13/h3-5,8H,6,13H2,1-2H3,(H,14,15). The predicted octanol–water partition coefficient (Wildman–Crippen LogP) is 1.73. The minimum absolute atomic E-state index is 0.0471. The van der Waals surface area contributed by atoms with Crippen LogP contribution in [0.4, 0.5) is 0 Å². The Hall–Kier alpha value is -1.06. The maximum absolute atomic E-state index is 11.7. The van der Waals surface area contributed by atoms with Crippen LogP contribution in [0.5, 0.6) is 0 Å². The molecule has 1 aromatic carbocycles. The first-order valence-corrected chi connectivity index (χ1v) is 5.20. The fourth-order valence-corrected chi connectivity index (χ4v) is 1.40. The highest BCUT2D eigenvalue weighted by molar-refractivity contribution is 6.34. The third kappa shape index (κ3) is 2.94. The molecule has 1 amide bonds. The summed E-state index contributed by atoms with van der Waals surface area (Å²) in [5.41, 5.74) is 6.81. The molecule has 1 atom stereocenters. The maximum atomic E-state index is 11.7. The summed E-state index contributed by atoms with van der Waals surface area (Å²) >= 11 is 6.02. The molecule has 1 aromatic rings. The molecule has 0 saturated carbocycles. The average Bonchev–Trinajstić information content (AvgIpc) is 2.21. The lowest BCUT2D eigenvalue weighted by atomic mass is 10.1. The Morgan fingerprint density at radius 1 is 1.60 bits per heavy atom. The summed E-state index contributed by atoms with van der Waals surface area (Å²) in [6.45, 7) is 4.13. The number of aryl methyl sites for hydroxylation is 1. The normalized spacial score (nSPS) is 12.3. The van der Waals surface area contributed by atoms with Gasteiger partial charge in [-0.2, -0.15) is 0 Å². The van der Waals surface area contributed by atoms with Crippen LogP contribution >= 0.6 is 11.6 Å². The van der Waals surface area contributed by atoms with Crippen molar-refractivity contribution in [2.45, 2.75) is 19.9 Å². The van der Waals surface area contributed by atoms with E-state index in [1.165, 1.54) is 0 Å². The Morgan fingerprint density at radius 2 is 2.27 bits per heavy atom. The quantitative estimate of drug-likeness (QED) is 0.825. The van der Waals surface area contributed by atoms with E-state index in [0.717, 1.165) is 5.56 Å². The highest BCUT2D eigenvalue weighted by atomic mass is 35.5. The van der Waals surface area contributed by atoms with Crippen LogP contribution in [0.25, 0.3) is 0 Å². The van der Waals surface area contributed by atoms with E-state index < -0.39 is 0 Å². The maximum Gasteiger partial charge on any atom is 0.253 e. The van der Waals surface area contributed by atoms with Crippen LogP contribution in [-0.4, -0.2) is 18.5 Å². The van der Waals surface area contributed by atoms with Crippen molar-refractivity contribution in [1.29, 1.82) is 0 Å². The molecule has 15 heavy (non-hydrogen) atoms. The molecule has 0 spiro atoms. The van der Waals surface area contributed by atoms with Gasteiger partial charge in [0.2, 0.25) is 0 Å². The first-order valence-electron chi connectivity index (χ1n) is 4.82. The van der Waals surface area contributed by atoms with Crippen LogP contribution in [0.2, 0.25) is 5.02 Å². The van der Waals surface area contributed by atoms with E-state index in [0.29, 0.717) is 17.1 Å². The Balaban J connectivity index is 2.87. The van der Waals surface area contributed by atoms with E-state index in [4.69, 9.17) is 17.3 Å². The van der Waals surface area contributed by atoms with Gasteiger partial charge in [0.1, 0.15) is 0 Å². The zero-order chi connectivity index (χ0) is 11.4. The lowest BCUT2D eigenvalue weighted by molar-refractivity contribution is 0.0941. The number of carbonyl (C=O) groups excluding carboxylic acids is 1. The van der Waals surface area contributed by atoms with Crippen LogP contribution in [0.3, 0.4) is 0 Å². The summed E-state index contributed by atoms with van der Waals surface area (Å²) in [5, 5.41) is 3.26. The zero-order valence-corrected chi connectivity index (χ0v) is 9.64. The average molecular weight is 227 g/mol. The summed E-state index contributed by atoms with van der Waals surface area (Å²) in [6, 6.07) is 5.33. The van der Waals surface area contributed by atoms with Crippen molar-refractivity contribution >= 4 is 17.5 Å². The Labute approximate surface area is 94.6 Å². The zero-order valence-electron chi connectivity index (χ0n) is 8.88. The molecule has 0 heterocycles. The van der Waals surface area contributed by atoms with Crippen LogP contribution in [-0.2, 0) is 0 Å². The number of halogens is 1. The van der Waals surface area contributed by atoms with Gasteiger partial charge >= 0.3 is 0 Å². The van der Waals surface area contributed by atoms with E-state index in [9.17, 15) is 4.79 Å². The van der Waals surface area contributed by atoms with Gasteiger partial charge in [-0.15, -0.1) is 0 Å². The van der Waals surface area contributed by atoms with Crippen LogP contribution in [0.15, 0.2) is 18.2 Å². The van der Waals surface area contributed by atoms with Gasteiger partial charge in [0.25, 0.3) is 5.91 Å². The fraction of sp³-hybridized carbons (Fsp3) is 0.364. The molecule has 1 unspecified atom stereocenters. The molecule has 0 saturated heterocycles. The van der Waals surface area contributed by atoms with Gasteiger partial charge in [0.05, 0.1) is 10.6 Å². The number of amides is 1. The number of nitrogens with two attached hydrogens (primary N) is 1. The van der Waals surface area contributed by atoms with Crippen molar-refractivity contribution < 1.29 is 4.79 Å². The van der Waals surface area contributed by atoms with Crippen molar-refractivity contribution in [3.05, 3.63) is 34.3 Å². The molecule has 4 heteroatoms. The summed E-state index contributed by atoms with van der Waals surface area (Å²) in [5.74, 6) is -0.179. The molecular weight excluding hydrogens is 212 g/mol. The molecule has 1 rings (SSSR count). The van der Waals surface area contributed by atoms with Gasteiger partial charge in [-0.1, -0.05) is 23.7 Å². The molecule has 0 fully saturated rings. The predicted molar refractivity (Wildman–Crippen MR) is 62.2 cm³/mol. The van der Waals surface area contributed by atoms with E-state index in [2.05, 4.69) is 5.32 Å². The van der Waals surface area contributed by atoms with E-state index in [-0.39, 0.29) is 11.9 Å². The summed E-state index contributed by atoms with van der Waals surface area (Å²) < 4.78 is 0. The largest absolute Gasteiger partial charge is 0.348 e. The molecule has 3 N–H and O–H groups in total. The molecule has 3 nitrogen and oxygen atoms in total. The second-order valence-electron chi connectivity index (χ2n) is 3.55. The number of rotatable bonds is 3. The molecule has 0 aromatic heterocycles. The number of benzene rings is 1. The topological polar surface area (TPSA) is 55.1 Å². The lowest BCUT2D eigenvalue weighted by Gasteiger charge is -2.12. The summed E-state index contributed by atoms with van der Waals surface area (Å²) in [4.78, 5) is 11.7. The number of carbonyl (C=O) groups is 1. The number of hydrogen-bond donors (Lipinski definition) is 2. The lowest BCUT2D eigenvalue weighted by Crippen LogP contribution is -2.37. The fourth-order valence-electron chi connectivity index (χ4n) is 1.18. The highest BCUT2D eigenvalue weighted by Gasteiger charge is 2.12. The first kappa shape index (κ1) is 12.0. The summed E-state index contributed by atoms with van der Waals surface area (Å²) in [6.07, 6.45) is 0. The van der Waals surface area contributed by atoms with Gasteiger partial charge in [0, 0.05) is 12.6 Å².